The number of aromatic nitrogens is 1. The molecule has 23 heavy (non-hydrogen) atoms. The molecule has 1 saturated heterocycles. The van der Waals surface area contributed by atoms with Gasteiger partial charge in [-0.05, 0) is 36.7 Å². The quantitative estimate of drug-likeness (QED) is 0.942. The molecule has 0 radical (unpaired) electrons. The van der Waals surface area contributed by atoms with Gasteiger partial charge in [0.1, 0.15) is 5.82 Å². The van der Waals surface area contributed by atoms with Crippen LogP contribution in [0.25, 0.3) is 0 Å². The third kappa shape index (κ3) is 3.68. The first-order valence-corrected chi connectivity index (χ1v) is 7.81. The number of benzene rings is 1. The predicted molar refractivity (Wildman–Crippen MR) is 85.8 cm³/mol. The average molecular weight is 316 g/mol. The van der Waals surface area contributed by atoms with Crippen molar-refractivity contribution in [3.05, 3.63) is 59.5 Å². The van der Waals surface area contributed by atoms with Gasteiger partial charge in [0, 0.05) is 30.8 Å². The van der Waals surface area contributed by atoms with Crippen LogP contribution in [0, 0.1) is 5.82 Å². The molecule has 0 bridgehead atoms. The Morgan fingerprint density at radius 2 is 2.09 bits per heavy atom. The molecule has 2 atom stereocenters. The van der Waals surface area contributed by atoms with Crippen molar-refractivity contribution >= 4 is 0 Å². The van der Waals surface area contributed by atoms with E-state index in [9.17, 15) is 9.50 Å². The first-order chi connectivity index (χ1) is 11.2. The Hall–Kier alpha value is -1.98. The van der Waals surface area contributed by atoms with Crippen LogP contribution in [0.15, 0.2) is 42.6 Å². The maximum Gasteiger partial charge on any atom is 0.217 e. The van der Waals surface area contributed by atoms with Gasteiger partial charge in [-0.3, -0.25) is 4.90 Å². The van der Waals surface area contributed by atoms with E-state index in [1.54, 1.807) is 25.4 Å². The number of piperidine rings is 1. The molecule has 1 N–H and O–H groups in total. The highest BCUT2D eigenvalue weighted by molar-refractivity contribution is 5.26. The maximum atomic E-state index is 13.0. The van der Waals surface area contributed by atoms with Gasteiger partial charge in [-0.25, -0.2) is 9.37 Å². The van der Waals surface area contributed by atoms with Crippen molar-refractivity contribution in [3.63, 3.8) is 0 Å². The molecule has 2 heterocycles. The molecule has 1 aliphatic heterocycles. The number of β-amino-alcohol motifs (C(OH)–C–C–N with tert-alkyl or cyclic N) is 1. The third-order valence-corrected chi connectivity index (χ3v) is 4.40. The van der Waals surface area contributed by atoms with Crippen LogP contribution in [0.4, 0.5) is 4.39 Å². The Balaban J connectivity index is 1.65. The molecule has 0 saturated carbocycles. The number of likely N-dealkylation sites (tertiary alicyclic amines) is 1. The van der Waals surface area contributed by atoms with E-state index in [4.69, 9.17) is 4.74 Å². The molecule has 1 aromatic heterocycles. The maximum absolute atomic E-state index is 13.0. The summed E-state index contributed by atoms with van der Waals surface area (Å²) in [4.78, 5) is 6.40. The fourth-order valence-corrected chi connectivity index (χ4v) is 3.21. The molecule has 0 unspecified atom stereocenters. The molecule has 1 aromatic carbocycles. The lowest BCUT2D eigenvalue weighted by Crippen LogP contribution is -2.42. The van der Waals surface area contributed by atoms with Gasteiger partial charge in [0.2, 0.25) is 5.88 Å². The van der Waals surface area contributed by atoms with E-state index in [1.807, 2.05) is 12.1 Å². The summed E-state index contributed by atoms with van der Waals surface area (Å²) in [7, 11) is 1.61. The summed E-state index contributed by atoms with van der Waals surface area (Å²) in [6.45, 7) is 2.15. The van der Waals surface area contributed by atoms with Crippen molar-refractivity contribution in [2.45, 2.75) is 25.0 Å². The molecule has 0 amide bonds. The van der Waals surface area contributed by atoms with Gasteiger partial charge in [-0.1, -0.05) is 18.2 Å². The van der Waals surface area contributed by atoms with E-state index < -0.39 is 6.10 Å². The van der Waals surface area contributed by atoms with Gasteiger partial charge in [0.25, 0.3) is 0 Å². The number of aliphatic hydroxyl groups excluding tert-OH is 1. The fraction of sp³-hybridized carbons (Fsp3) is 0.389. The van der Waals surface area contributed by atoms with Gasteiger partial charge in [-0.15, -0.1) is 0 Å². The summed E-state index contributed by atoms with van der Waals surface area (Å²) < 4.78 is 18.3. The average Bonchev–Trinajstić information content (AvgIpc) is 2.57. The third-order valence-electron chi connectivity index (χ3n) is 4.40. The smallest absolute Gasteiger partial charge is 0.217 e. The van der Waals surface area contributed by atoms with E-state index in [2.05, 4.69) is 9.88 Å². The number of methoxy groups -OCH3 is 1. The standard InChI is InChI=1S/C18H21FN2O2/c1-23-18-14(3-2-9-20-18)11-21-10-8-16(17(22)12-21)13-4-6-15(19)7-5-13/h2-7,9,16-17,22H,8,10-12H2,1H3/t16-,17+/m0/s1. The molecular weight excluding hydrogens is 295 g/mol. The van der Waals surface area contributed by atoms with E-state index >= 15 is 0 Å². The first-order valence-electron chi connectivity index (χ1n) is 7.81. The number of halogens is 1. The lowest BCUT2D eigenvalue weighted by molar-refractivity contribution is 0.0472. The second-order valence-corrected chi connectivity index (χ2v) is 5.92. The topological polar surface area (TPSA) is 45.6 Å². The van der Waals surface area contributed by atoms with Crippen LogP contribution in [-0.2, 0) is 6.54 Å². The summed E-state index contributed by atoms with van der Waals surface area (Å²) in [6.07, 6.45) is 2.09. The van der Waals surface area contributed by atoms with Crippen molar-refractivity contribution < 1.29 is 14.2 Å². The molecule has 0 spiro atoms. The number of nitrogens with zero attached hydrogens (tertiary/aromatic N) is 2. The summed E-state index contributed by atoms with van der Waals surface area (Å²) in [5.74, 6) is 0.439. The predicted octanol–water partition coefficient (Wildman–Crippen LogP) is 2.58. The number of pyridine rings is 1. The molecule has 122 valence electrons. The largest absolute Gasteiger partial charge is 0.481 e. The van der Waals surface area contributed by atoms with Gasteiger partial charge >= 0.3 is 0 Å². The molecule has 4 nitrogen and oxygen atoms in total. The van der Waals surface area contributed by atoms with Crippen molar-refractivity contribution in [2.75, 3.05) is 20.2 Å². The van der Waals surface area contributed by atoms with Crippen LogP contribution in [-0.4, -0.2) is 41.3 Å². The number of hydrogen-bond donors (Lipinski definition) is 1. The normalized spacial score (nSPS) is 22.0. The Morgan fingerprint density at radius 3 is 2.78 bits per heavy atom. The van der Waals surface area contributed by atoms with Gasteiger partial charge in [-0.2, -0.15) is 0 Å². The number of ether oxygens (including phenoxy) is 1. The molecule has 3 rings (SSSR count). The summed E-state index contributed by atoms with van der Waals surface area (Å²) in [5.41, 5.74) is 2.01. The number of hydrogen-bond acceptors (Lipinski definition) is 4. The molecule has 1 fully saturated rings. The monoisotopic (exact) mass is 316 g/mol. The molecular formula is C18H21FN2O2. The van der Waals surface area contributed by atoms with E-state index in [0.29, 0.717) is 19.0 Å². The SMILES string of the molecule is COc1ncccc1CN1CC[C@@H](c2ccc(F)cc2)[C@H](O)C1. The molecule has 2 aromatic rings. The Morgan fingerprint density at radius 1 is 1.30 bits per heavy atom. The van der Waals surface area contributed by atoms with Crippen LogP contribution in [0.3, 0.4) is 0 Å². The number of aliphatic hydroxyl groups is 1. The fourth-order valence-electron chi connectivity index (χ4n) is 3.21. The lowest BCUT2D eigenvalue weighted by atomic mass is 9.87. The van der Waals surface area contributed by atoms with Crippen molar-refractivity contribution in [2.24, 2.45) is 0 Å². The lowest BCUT2D eigenvalue weighted by Gasteiger charge is -2.36. The summed E-state index contributed by atoms with van der Waals surface area (Å²) in [6, 6.07) is 10.3. The summed E-state index contributed by atoms with van der Waals surface area (Å²) >= 11 is 0. The Bertz CT molecular complexity index is 648. The zero-order chi connectivity index (χ0) is 16.2. The van der Waals surface area contributed by atoms with Gasteiger partial charge < -0.3 is 9.84 Å². The highest BCUT2D eigenvalue weighted by Gasteiger charge is 2.29. The van der Waals surface area contributed by atoms with Crippen LogP contribution >= 0.6 is 0 Å². The van der Waals surface area contributed by atoms with Crippen LogP contribution in [0.1, 0.15) is 23.5 Å². The second kappa shape index (κ2) is 7.06. The zero-order valence-electron chi connectivity index (χ0n) is 13.2. The highest BCUT2D eigenvalue weighted by atomic mass is 19.1. The minimum Gasteiger partial charge on any atom is -0.481 e. The van der Waals surface area contributed by atoms with Crippen molar-refractivity contribution in [1.82, 2.24) is 9.88 Å². The first kappa shape index (κ1) is 15.9. The molecule has 1 aliphatic rings. The van der Waals surface area contributed by atoms with Crippen molar-refractivity contribution in [3.8, 4) is 5.88 Å². The minimum absolute atomic E-state index is 0.0580. The molecule has 0 aliphatic carbocycles. The second-order valence-electron chi connectivity index (χ2n) is 5.92. The Kier molecular flexibility index (Phi) is 4.88. The zero-order valence-corrected chi connectivity index (χ0v) is 13.2. The van der Waals surface area contributed by atoms with E-state index in [1.165, 1.54) is 12.1 Å². The van der Waals surface area contributed by atoms with Gasteiger partial charge in [0.15, 0.2) is 0 Å². The molecule has 5 heteroatoms. The van der Waals surface area contributed by atoms with E-state index in [-0.39, 0.29) is 11.7 Å². The minimum atomic E-state index is -0.461. The van der Waals surface area contributed by atoms with Crippen LogP contribution in [0.5, 0.6) is 5.88 Å². The van der Waals surface area contributed by atoms with Crippen molar-refractivity contribution in [1.29, 1.82) is 0 Å². The Labute approximate surface area is 135 Å². The van der Waals surface area contributed by atoms with Crippen LogP contribution < -0.4 is 4.74 Å². The summed E-state index contributed by atoms with van der Waals surface area (Å²) in [5, 5.41) is 10.5. The van der Waals surface area contributed by atoms with Crippen LogP contribution in [0.2, 0.25) is 0 Å². The van der Waals surface area contributed by atoms with E-state index in [0.717, 1.165) is 24.1 Å². The van der Waals surface area contributed by atoms with Gasteiger partial charge in [0.05, 0.1) is 13.2 Å². The number of rotatable bonds is 4. The highest BCUT2D eigenvalue weighted by Crippen LogP contribution is 2.30.